The zero-order valence-corrected chi connectivity index (χ0v) is 12.1. The number of benzene rings is 1. The molecule has 1 N–H and O–H groups in total. The van der Waals surface area contributed by atoms with Gasteiger partial charge in [-0.05, 0) is 19.1 Å². The van der Waals surface area contributed by atoms with Crippen molar-refractivity contribution in [2.45, 2.75) is 6.92 Å². The van der Waals surface area contributed by atoms with Gasteiger partial charge in [-0.2, -0.15) is 0 Å². The zero-order valence-electron chi connectivity index (χ0n) is 12.1. The van der Waals surface area contributed by atoms with E-state index in [1.807, 2.05) is 0 Å². The minimum absolute atomic E-state index is 0.0134. The van der Waals surface area contributed by atoms with E-state index in [2.05, 4.69) is 5.16 Å². The van der Waals surface area contributed by atoms with Crippen molar-refractivity contribution in [2.24, 2.45) is 0 Å². The maximum Gasteiger partial charge on any atom is 0.341 e. The Hall–Kier alpha value is -2.70. The first-order chi connectivity index (χ1) is 10.0. The fraction of sp³-hybridized carbons (Fsp3) is 0.286. The third-order valence-corrected chi connectivity index (χ3v) is 3.04. The molecule has 1 aromatic heterocycles. The molecule has 0 fully saturated rings. The van der Waals surface area contributed by atoms with Crippen LogP contribution >= 0.6 is 0 Å². The van der Waals surface area contributed by atoms with Crippen LogP contribution in [-0.2, 0) is 0 Å². The Morgan fingerprint density at radius 3 is 2.33 bits per heavy atom. The molecule has 1 heterocycles. The summed E-state index contributed by atoms with van der Waals surface area (Å²) in [6.45, 7) is 1.53. The Morgan fingerprint density at radius 1 is 1.14 bits per heavy atom. The van der Waals surface area contributed by atoms with Crippen LogP contribution in [0, 0.1) is 6.92 Å². The highest BCUT2D eigenvalue weighted by Crippen LogP contribution is 2.44. The minimum Gasteiger partial charge on any atom is -0.493 e. The minimum atomic E-state index is -1.12. The van der Waals surface area contributed by atoms with Gasteiger partial charge < -0.3 is 23.8 Å². The monoisotopic (exact) mass is 293 g/mol. The number of aryl methyl sites for hydroxylation is 1. The number of aromatic nitrogens is 1. The van der Waals surface area contributed by atoms with E-state index in [0.717, 1.165) is 0 Å². The van der Waals surface area contributed by atoms with Crippen LogP contribution in [0.5, 0.6) is 17.2 Å². The van der Waals surface area contributed by atoms with Crippen molar-refractivity contribution in [1.29, 1.82) is 0 Å². The van der Waals surface area contributed by atoms with Crippen LogP contribution in [0.25, 0.3) is 11.3 Å². The van der Waals surface area contributed by atoms with Gasteiger partial charge in [0.1, 0.15) is 17.0 Å². The highest BCUT2D eigenvalue weighted by molar-refractivity contribution is 5.97. The molecular weight excluding hydrogens is 278 g/mol. The molecule has 112 valence electrons. The summed E-state index contributed by atoms with van der Waals surface area (Å²) in [5.74, 6) is 0.243. The molecule has 1 aromatic carbocycles. The van der Waals surface area contributed by atoms with Crippen molar-refractivity contribution >= 4 is 5.97 Å². The summed E-state index contributed by atoms with van der Waals surface area (Å²) < 4.78 is 20.8. The molecule has 21 heavy (non-hydrogen) atoms. The summed E-state index contributed by atoms with van der Waals surface area (Å²) in [6, 6.07) is 3.29. The molecule has 0 amide bonds. The van der Waals surface area contributed by atoms with E-state index < -0.39 is 5.97 Å². The van der Waals surface area contributed by atoms with Crippen LogP contribution in [-0.4, -0.2) is 37.6 Å². The number of ether oxygens (including phenoxy) is 3. The first-order valence-corrected chi connectivity index (χ1v) is 6.04. The molecule has 2 rings (SSSR count). The SMILES string of the molecule is COc1ccc(-c2noc(C)c2C(=O)O)c(OC)c1OC. The summed E-state index contributed by atoms with van der Waals surface area (Å²) in [6.07, 6.45) is 0. The second kappa shape index (κ2) is 5.74. The van der Waals surface area contributed by atoms with Crippen LogP contribution < -0.4 is 14.2 Å². The number of methoxy groups -OCH3 is 3. The number of carbonyl (C=O) groups is 1. The average Bonchev–Trinajstić information content (AvgIpc) is 2.87. The largest absolute Gasteiger partial charge is 0.493 e. The lowest BCUT2D eigenvalue weighted by Gasteiger charge is -2.14. The number of hydrogen-bond acceptors (Lipinski definition) is 6. The quantitative estimate of drug-likeness (QED) is 0.904. The molecule has 0 spiro atoms. The van der Waals surface area contributed by atoms with Gasteiger partial charge in [-0.15, -0.1) is 0 Å². The smallest absolute Gasteiger partial charge is 0.341 e. The van der Waals surface area contributed by atoms with Crippen LogP contribution in [0.2, 0.25) is 0 Å². The summed E-state index contributed by atoms with van der Waals surface area (Å²) in [5.41, 5.74) is 0.614. The zero-order chi connectivity index (χ0) is 15.6. The third kappa shape index (κ3) is 2.37. The number of carboxylic acids is 1. The van der Waals surface area contributed by atoms with Crippen molar-refractivity contribution in [3.63, 3.8) is 0 Å². The molecule has 0 saturated heterocycles. The molecular formula is C14H15NO6. The maximum atomic E-state index is 11.4. The molecule has 0 unspecified atom stereocenters. The van der Waals surface area contributed by atoms with Crippen LogP contribution in [0.1, 0.15) is 16.1 Å². The fourth-order valence-electron chi connectivity index (χ4n) is 2.10. The molecule has 0 atom stereocenters. The predicted octanol–water partition coefficient (Wildman–Crippen LogP) is 2.37. The Labute approximate surface area is 121 Å². The van der Waals surface area contributed by atoms with E-state index in [9.17, 15) is 9.90 Å². The summed E-state index contributed by atoms with van der Waals surface area (Å²) in [4.78, 5) is 11.4. The molecule has 0 aliphatic rings. The van der Waals surface area contributed by atoms with Crippen molar-refractivity contribution in [2.75, 3.05) is 21.3 Å². The summed E-state index contributed by atoms with van der Waals surface area (Å²) >= 11 is 0. The normalized spacial score (nSPS) is 10.3. The maximum absolute atomic E-state index is 11.4. The molecule has 2 aromatic rings. The average molecular weight is 293 g/mol. The van der Waals surface area contributed by atoms with Crippen molar-refractivity contribution in [1.82, 2.24) is 5.16 Å². The number of carboxylic acid groups (broad SMARTS) is 1. The number of nitrogens with zero attached hydrogens (tertiary/aromatic N) is 1. The molecule has 7 heteroatoms. The summed E-state index contributed by atoms with van der Waals surface area (Å²) in [7, 11) is 4.42. The van der Waals surface area contributed by atoms with Crippen LogP contribution in [0.3, 0.4) is 0 Å². The van der Waals surface area contributed by atoms with Gasteiger partial charge in [-0.25, -0.2) is 4.79 Å². The van der Waals surface area contributed by atoms with E-state index in [-0.39, 0.29) is 17.0 Å². The number of rotatable bonds is 5. The van der Waals surface area contributed by atoms with Crippen LogP contribution in [0.4, 0.5) is 0 Å². The predicted molar refractivity (Wildman–Crippen MR) is 73.3 cm³/mol. The van der Waals surface area contributed by atoms with Crippen LogP contribution in [0.15, 0.2) is 16.7 Å². The van der Waals surface area contributed by atoms with Crippen molar-refractivity contribution < 1.29 is 28.6 Å². The van der Waals surface area contributed by atoms with Crippen molar-refractivity contribution in [3.05, 3.63) is 23.5 Å². The summed E-state index contributed by atoms with van der Waals surface area (Å²) in [5, 5.41) is 13.1. The Morgan fingerprint density at radius 2 is 1.81 bits per heavy atom. The van der Waals surface area contributed by atoms with Gasteiger partial charge >= 0.3 is 5.97 Å². The molecule has 0 radical (unpaired) electrons. The second-order valence-electron chi connectivity index (χ2n) is 4.15. The third-order valence-electron chi connectivity index (χ3n) is 3.04. The van der Waals surface area contributed by atoms with Gasteiger partial charge in [0, 0.05) is 0 Å². The van der Waals surface area contributed by atoms with E-state index in [0.29, 0.717) is 22.8 Å². The molecule has 7 nitrogen and oxygen atoms in total. The topological polar surface area (TPSA) is 91.0 Å². The van der Waals surface area contributed by atoms with E-state index in [1.54, 1.807) is 12.1 Å². The van der Waals surface area contributed by atoms with Gasteiger partial charge in [0.2, 0.25) is 5.75 Å². The van der Waals surface area contributed by atoms with E-state index >= 15 is 0 Å². The fourth-order valence-corrected chi connectivity index (χ4v) is 2.10. The lowest BCUT2D eigenvalue weighted by Crippen LogP contribution is -2.02. The highest BCUT2D eigenvalue weighted by Gasteiger charge is 2.26. The first-order valence-electron chi connectivity index (χ1n) is 6.04. The number of hydrogen-bond donors (Lipinski definition) is 1. The molecule has 0 aliphatic heterocycles. The van der Waals surface area contributed by atoms with Crippen molar-refractivity contribution in [3.8, 4) is 28.5 Å². The van der Waals surface area contributed by atoms with E-state index in [4.69, 9.17) is 18.7 Å². The standard InChI is InChI=1S/C14H15NO6/c1-7-10(14(16)17)11(15-21-7)8-5-6-9(18-2)13(20-4)12(8)19-3/h5-6H,1-4H3,(H,16,17). The lowest BCUT2D eigenvalue weighted by atomic mass is 10.0. The van der Waals surface area contributed by atoms with E-state index in [1.165, 1.54) is 28.3 Å². The second-order valence-corrected chi connectivity index (χ2v) is 4.15. The Bertz CT molecular complexity index is 676. The molecule has 0 aliphatic carbocycles. The lowest BCUT2D eigenvalue weighted by molar-refractivity contribution is 0.0695. The first kappa shape index (κ1) is 14.7. The number of aromatic carboxylic acids is 1. The van der Waals surface area contributed by atoms with Gasteiger partial charge in [0.25, 0.3) is 0 Å². The van der Waals surface area contributed by atoms with Gasteiger partial charge in [0.15, 0.2) is 11.5 Å². The van der Waals surface area contributed by atoms with Gasteiger partial charge in [0.05, 0.1) is 26.9 Å². The Kier molecular flexibility index (Phi) is 4.02. The highest BCUT2D eigenvalue weighted by atomic mass is 16.5. The van der Waals surface area contributed by atoms with Gasteiger partial charge in [-0.1, -0.05) is 5.16 Å². The molecule has 0 saturated carbocycles. The Balaban J connectivity index is 2.73. The van der Waals surface area contributed by atoms with Gasteiger partial charge in [-0.3, -0.25) is 0 Å². The molecule has 0 bridgehead atoms.